The van der Waals surface area contributed by atoms with Gasteiger partial charge in [0, 0.05) is 24.9 Å². The first-order valence-electron chi connectivity index (χ1n) is 7.06. The van der Waals surface area contributed by atoms with Crippen molar-refractivity contribution in [3.63, 3.8) is 0 Å². The lowest BCUT2D eigenvalue weighted by Gasteiger charge is -2.07. The zero-order valence-corrected chi connectivity index (χ0v) is 12.3. The number of ketones is 1. The van der Waals surface area contributed by atoms with Crippen molar-refractivity contribution < 1.29 is 4.79 Å². The normalized spacial score (nSPS) is 11.0. The van der Waals surface area contributed by atoms with Crippen LogP contribution in [0.25, 0.3) is 0 Å². The SMILES string of the molecule is Cc1c(C(C)C)cnn1CCCC(=O)c1ccccn1. The third kappa shape index (κ3) is 3.32. The van der Waals surface area contributed by atoms with Gasteiger partial charge in [0.15, 0.2) is 5.78 Å². The van der Waals surface area contributed by atoms with E-state index in [0.29, 0.717) is 18.0 Å². The minimum absolute atomic E-state index is 0.0968. The van der Waals surface area contributed by atoms with Crippen molar-refractivity contribution in [3.05, 3.63) is 47.5 Å². The van der Waals surface area contributed by atoms with Crippen molar-refractivity contribution in [1.82, 2.24) is 14.8 Å². The van der Waals surface area contributed by atoms with Crippen molar-refractivity contribution in [2.45, 2.75) is 46.1 Å². The molecule has 20 heavy (non-hydrogen) atoms. The van der Waals surface area contributed by atoms with Gasteiger partial charge in [-0.25, -0.2) is 0 Å². The largest absolute Gasteiger partial charge is 0.292 e. The number of hydrogen-bond acceptors (Lipinski definition) is 3. The van der Waals surface area contributed by atoms with Gasteiger partial charge in [-0.15, -0.1) is 0 Å². The molecule has 0 aliphatic rings. The number of carbonyl (C=O) groups excluding carboxylic acids is 1. The maximum atomic E-state index is 11.9. The maximum absolute atomic E-state index is 11.9. The molecule has 0 radical (unpaired) electrons. The third-order valence-electron chi connectivity index (χ3n) is 3.49. The van der Waals surface area contributed by atoms with Crippen molar-refractivity contribution in [2.24, 2.45) is 0 Å². The van der Waals surface area contributed by atoms with Crippen LogP contribution in [0.5, 0.6) is 0 Å². The Bertz CT molecular complexity index is 573. The number of rotatable bonds is 6. The van der Waals surface area contributed by atoms with Gasteiger partial charge in [0.1, 0.15) is 5.69 Å². The van der Waals surface area contributed by atoms with Gasteiger partial charge >= 0.3 is 0 Å². The molecular weight excluding hydrogens is 250 g/mol. The van der Waals surface area contributed by atoms with E-state index in [1.165, 1.54) is 11.3 Å². The maximum Gasteiger partial charge on any atom is 0.181 e. The van der Waals surface area contributed by atoms with Crippen LogP contribution in [0.4, 0.5) is 0 Å². The molecule has 106 valence electrons. The summed E-state index contributed by atoms with van der Waals surface area (Å²) in [7, 11) is 0. The molecule has 4 nitrogen and oxygen atoms in total. The highest BCUT2D eigenvalue weighted by Gasteiger charge is 2.10. The van der Waals surface area contributed by atoms with Crippen LogP contribution in [0.15, 0.2) is 30.6 Å². The number of nitrogens with zero attached hydrogens (tertiary/aromatic N) is 3. The van der Waals surface area contributed by atoms with E-state index in [2.05, 4.69) is 30.9 Å². The minimum Gasteiger partial charge on any atom is -0.292 e. The summed E-state index contributed by atoms with van der Waals surface area (Å²) in [6.45, 7) is 7.19. The van der Waals surface area contributed by atoms with Gasteiger partial charge in [-0.2, -0.15) is 5.10 Å². The fourth-order valence-electron chi connectivity index (χ4n) is 2.30. The highest BCUT2D eigenvalue weighted by molar-refractivity contribution is 5.94. The number of pyridine rings is 1. The second-order valence-electron chi connectivity index (χ2n) is 5.30. The average molecular weight is 271 g/mol. The molecule has 4 heteroatoms. The lowest BCUT2D eigenvalue weighted by atomic mass is 10.1. The average Bonchev–Trinajstić information content (AvgIpc) is 2.81. The van der Waals surface area contributed by atoms with E-state index >= 15 is 0 Å². The Morgan fingerprint density at radius 3 is 2.75 bits per heavy atom. The summed E-state index contributed by atoms with van der Waals surface area (Å²) in [6.07, 6.45) is 4.88. The van der Waals surface area contributed by atoms with Crippen LogP contribution < -0.4 is 0 Å². The first-order chi connectivity index (χ1) is 9.59. The summed E-state index contributed by atoms with van der Waals surface area (Å²) in [4.78, 5) is 16.0. The van der Waals surface area contributed by atoms with Crippen LogP contribution in [0.3, 0.4) is 0 Å². The molecule has 2 aromatic rings. The van der Waals surface area contributed by atoms with E-state index in [4.69, 9.17) is 0 Å². The van der Waals surface area contributed by atoms with Crippen molar-refractivity contribution >= 4 is 5.78 Å². The molecule has 2 heterocycles. The Balaban J connectivity index is 1.89. The Labute approximate surface area is 119 Å². The zero-order chi connectivity index (χ0) is 14.5. The molecule has 0 N–H and O–H groups in total. The minimum atomic E-state index is 0.0968. The first-order valence-corrected chi connectivity index (χ1v) is 7.06. The van der Waals surface area contributed by atoms with Crippen LogP contribution in [-0.4, -0.2) is 20.5 Å². The lowest BCUT2D eigenvalue weighted by Crippen LogP contribution is -2.07. The quantitative estimate of drug-likeness (QED) is 0.757. The topological polar surface area (TPSA) is 47.8 Å². The molecule has 2 rings (SSSR count). The summed E-state index contributed by atoms with van der Waals surface area (Å²) < 4.78 is 1.99. The predicted molar refractivity (Wildman–Crippen MR) is 78.9 cm³/mol. The van der Waals surface area contributed by atoms with E-state index in [9.17, 15) is 4.79 Å². The fraction of sp³-hybridized carbons (Fsp3) is 0.438. The Morgan fingerprint density at radius 2 is 2.15 bits per heavy atom. The van der Waals surface area contributed by atoms with E-state index in [-0.39, 0.29) is 5.78 Å². The zero-order valence-electron chi connectivity index (χ0n) is 12.3. The van der Waals surface area contributed by atoms with E-state index in [0.717, 1.165) is 13.0 Å². The molecule has 0 saturated heterocycles. The van der Waals surface area contributed by atoms with Crippen LogP contribution >= 0.6 is 0 Å². The van der Waals surface area contributed by atoms with Crippen LogP contribution in [0, 0.1) is 6.92 Å². The van der Waals surface area contributed by atoms with Gasteiger partial charge in [0.2, 0.25) is 0 Å². The summed E-state index contributed by atoms with van der Waals surface area (Å²) in [5.74, 6) is 0.582. The molecule has 0 unspecified atom stereocenters. The summed E-state index contributed by atoms with van der Waals surface area (Å²) in [5.41, 5.74) is 3.03. The second kappa shape index (κ2) is 6.46. The molecule has 0 aliphatic heterocycles. The fourth-order valence-corrected chi connectivity index (χ4v) is 2.30. The summed E-state index contributed by atoms with van der Waals surface area (Å²) in [6, 6.07) is 5.42. The highest BCUT2D eigenvalue weighted by atomic mass is 16.1. The van der Waals surface area contributed by atoms with Crippen molar-refractivity contribution in [3.8, 4) is 0 Å². The van der Waals surface area contributed by atoms with Gasteiger partial charge in [-0.3, -0.25) is 14.5 Å². The van der Waals surface area contributed by atoms with Gasteiger partial charge in [-0.05, 0) is 37.0 Å². The number of aryl methyl sites for hydroxylation is 1. The Hall–Kier alpha value is -1.97. The Morgan fingerprint density at radius 1 is 1.35 bits per heavy atom. The monoisotopic (exact) mass is 271 g/mol. The summed E-state index contributed by atoms with van der Waals surface area (Å²) >= 11 is 0. The smallest absolute Gasteiger partial charge is 0.181 e. The number of Topliss-reactive ketones (excluding diaryl/α,β-unsaturated/α-hetero) is 1. The molecule has 0 saturated carbocycles. The van der Waals surface area contributed by atoms with Gasteiger partial charge < -0.3 is 0 Å². The first kappa shape index (κ1) is 14.4. The highest BCUT2D eigenvalue weighted by Crippen LogP contribution is 2.18. The number of aromatic nitrogens is 3. The lowest BCUT2D eigenvalue weighted by molar-refractivity contribution is 0.0973. The van der Waals surface area contributed by atoms with E-state index in [1.807, 2.05) is 23.0 Å². The van der Waals surface area contributed by atoms with Crippen molar-refractivity contribution in [2.75, 3.05) is 0 Å². The molecule has 2 aromatic heterocycles. The molecule has 0 spiro atoms. The molecular formula is C16H21N3O. The van der Waals surface area contributed by atoms with Crippen LogP contribution in [0.2, 0.25) is 0 Å². The van der Waals surface area contributed by atoms with E-state index in [1.54, 1.807) is 12.3 Å². The molecule has 0 atom stereocenters. The van der Waals surface area contributed by atoms with Crippen molar-refractivity contribution in [1.29, 1.82) is 0 Å². The van der Waals surface area contributed by atoms with Crippen LogP contribution in [0.1, 0.15) is 54.4 Å². The Kier molecular flexibility index (Phi) is 4.66. The van der Waals surface area contributed by atoms with Crippen LogP contribution in [-0.2, 0) is 6.54 Å². The molecule has 0 aromatic carbocycles. The molecule has 0 aliphatic carbocycles. The molecule has 0 bridgehead atoms. The second-order valence-corrected chi connectivity index (χ2v) is 5.30. The standard InChI is InChI=1S/C16H21N3O/c1-12(2)14-11-18-19(13(14)3)10-6-8-16(20)15-7-4-5-9-17-15/h4-5,7,9,11-12H,6,8,10H2,1-3H3. The summed E-state index contributed by atoms with van der Waals surface area (Å²) in [5, 5.41) is 4.40. The van der Waals surface area contributed by atoms with E-state index < -0.39 is 0 Å². The molecule has 0 fully saturated rings. The number of carbonyl (C=O) groups is 1. The number of hydrogen-bond donors (Lipinski definition) is 0. The molecule has 0 amide bonds. The third-order valence-corrected chi connectivity index (χ3v) is 3.49. The van der Waals surface area contributed by atoms with Gasteiger partial charge in [0.05, 0.1) is 6.20 Å². The van der Waals surface area contributed by atoms with Gasteiger partial charge in [0.25, 0.3) is 0 Å². The van der Waals surface area contributed by atoms with Gasteiger partial charge in [-0.1, -0.05) is 19.9 Å². The predicted octanol–water partition coefficient (Wildman–Crippen LogP) is 3.37.